The number of aliphatic hydroxyl groups is 1. The average Bonchev–Trinajstić information content (AvgIpc) is 2.65. The van der Waals surface area contributed by atoms with Crippen molar-refractivity contribution in [3.05, 3.63) is 83.9 Å². The SMILES string of the molecule is O=C(COC(=O)C(O)c1ccccc1)c1cccc2ccccc12. The number of esters is 1. The zero-order valence-corrected chi connectivity index (χ0v) is 12.9. The van der Waals surface area contributed by atoms with Crippen LogP contribution in [0.4, 0.5) is 0 Å². The normalized spacial score (nSPS) is 11.9. The summed E-state index contributed by atoms with van der Waals surface area (Å²) in [4.78, 5) is 24.3. The minimum absolute atomic E-state index is 0.305. The van der Waals surface area contributed by atoms with Crippen LogP contribution < -0.4 is 0 Å². The van der Waals surface area contributed by atoms with Crippen molar-refractivity contribution in [2.45, 2.75) is 6.10 Å². The van der Waals surface area contributed by atoms with Crippen LogP contribution in [0.5, 0.6) is 0 Å². The van der Waals surface area contributed by atoms with Crippen molar-refractivity contribution in [3.63, 3.8) is 0 Å². The quantitative estimate of drug-likeness (QED) is 0.579. The Morgan fingerprint density at radius 2 is 1.54 bits per heavy atom. The summed E-state index contributed by atoms with van der Waals surface area (Å²) in [6, 6.07) is 21.4. The lowest BCUT2D eigenvalue weighted by atomic mass is 10.0. The number of Topliss-reactive ketones (excluding diaryl/α,β-unsaturated/α-hetero) is 1. The second-order valence-corrected chi connectivity index (χ2v) is 5.37. The number of fused-ring (bicyclic) bond motifs is 1. The van der Waals surface area contributed by atoms with E-state index in [4.69, 9.17) is 4.74 Å². The minimum atomic E-state index is -1.40. The maximum Gasteiger partial charge on any atom is 0.340 e. The van der Waals surface area contributed by atoms with Gasteiger partial charge in [-0.25, -0.2) is 4.79 Å². The van der Waals surface area contributed by atoms with Gasteiger partial charge in [-0.3, -0.25) is 4.79 Å². The molecule has 4 nitrogen and oxygen atoms in total. The molecule has 1 unspecified atom stereocenters. The third-order valence-electron chi connectivity index (χ3n) is 3.77. The van der Waals surface area contributed by atoms with E-state index in [9.17, 15) is 14.7 Å². The summed E-state index contributed by atoms with van der Waals surface area (Å²) in [7, 11) is 0. The molecule has 0 amide bonds. The number of carbonyl (C=O) groups is 2. The van der Waals surface area contributed by atoms with Gasteiger partial charge in [0.2, 0.25) is 5.78 Å². The van der Waals surface area contributed by atoms with E-state index < -0.39 is 18.7 Å². The zero-order valence-electron chi connectivity index (χ0n) is 12.9. The molecular weight excluding hydrogens is 304 g/mol. The molecule has 24 heavy (non-hydrogen) atoms. The van der Waals surface area contributed by atoms with E-state index in [0.29, 0.717) is 11.1 Å². The Hall–Kier alpha value is -2.98. The van der Waals surface area contributed by atoms with Gasteiger partial charge >= 0.3 is 5.97 Å². The number of hydrogen-bond donors (Lipinski definition) is 1. The van der Waals surface area contributed by atoms with Crippen LogP contribution >= 0.6 is 0 Å². The van der Waals surface area contributed by atoms with Gasteiger partial charge in [0.25, 0.3) is 0 Å². The van der Waals surface area contributed by atoms with Gasteiger partial charge in [-0.05, 0) is 16.3 Å². The molecule has 0 heterocycles. The lowest BCUT2D eigenvalue weighted by Crippen LogP contribution is -2.20. The molecule has 3 aromatic rings. The molecule has 0 radical (unpaired) electrons. The van der Waals surface area contributed by atoms with Gasteiger partial charge < -0.3 is 9.84 Å². The highest BCUT2D eigenvalue weighted by atomic mass is 16.5. The van der Waals surface area contributed by atoms with Crippen molar-refractivity contribution >= 4 is 22.5 Å². The first kappa shape index (κ1) is 15.9. The first-order chi connectivity index (χ1) is 11.7. The van der Waals surface area contributed by atoms with Crippen LogP contribution in [0.2, 0.25) is 0 Å². The summed E-state index contributed by atoms with van der Waals surface area (Å²) >= 11 is 0. The highest BCUT2D eigenvalue weighted by Gasteiger charge is 2.20. The molecule has 3 aromatic carbocycles. The van der Waals surface area contributed by atoms with Gasteiger partial charge in [0.05, 0.1) is 0 Å². The van der Waals surface area contributed by atoms with E-state index in [-0.39, 0.29) is 5.78 Å². The average molecular weight is 320 g/mol. The van der Waals surface area contributed by atoms with Gasteiger partial charge in [-0.15, -0.1) is 0 Å². The van der Waals surface area contributed by atoms with Crippen LogP contribution in [0.3, 0.4) is 0 Å². The van der Waals surface area contributed by atoms with Crippen LogP contribution in [0.25, 0.3) is 10.8 Å². The second-order valence-electron chi connectivity index (χ2n) is 5.37. The number of benzene rings is 3. The molecule has 0 aromatic heterocycles. The summed E-state index contributed by atoms with van der Waals surface area (Å²) in [6.07, 6.45) is -1.40. The number of ether oxygens (including phenoxy) is 1. The van der Waals surface area contributed by atoms with E-state index in [2.05, 4.69) is 0 Å². The Labute approximate surface area is 139 Å². The van der Waals surface area contributed by atoms with Gasteiger partial charge in [-0.2, -0.15) is 0 Å². The van der Waals surface area contributed by atoms with Gasteiger partial charge in [0.1, 0.15) is 0 Å². The van der Waals surface area contributed by atoms with E-state index in [1.165, 1.54) is 0 Å². The molecule has 0 aliphatic carbocycles. The van der Waals surface area contributed by atoms with E-state index in [1.54, 1.807) is 42.5 Å². The smallest absolute Gasteiger partial charge is 0.340 e. The summed E-state index contributed by atoms with van der Waals surface area (Å²) in [6.45, 7) is -0.406. The number of rotatable bonds is 5. The van der Waals surface area contributed by atoms with Crippen molar-refractivity contribution in [3.8, 4) is 0 Å². The molecule has 120 valence electrons. The molecule has 1 atom stereocenters. The molecule has 0 fully saturated rings. The summed E-state index contributed by atoms with van der Waals surface area (Å²) in [5.74, 6) is -1.14. The fourth-order valence-corrected chi connectivity index (χ4v) is 2.53. The van der Waals surface area contributed by atoms with Crippen molar-refractivity contribution in [1.82, 2.24) is 0 Å². The monoisotopic (exact) mass is 320 g/mol. The molecule has 1 N–H and O–H groups in total. The number of carbonyl (C=O) groups excluding carboxylic acids is 2. The van der Waals surface area contributed by atoms with Gasteiger partial charge in [-0.1, -0.05) is 72.8 Å². The molecular formula is C20H16O4. The molecule has 0 aliphatic rings. The molecule has 0 aliphatic heterocycles. The number of hydrogen-bond acceptors (Lipinski definition) is 4. The highest BCUT2D eigenvalue weighted by molar-refractivity contribution is 6.09. The topological polar surface area (TPSA) is 63.6 Å². The maximum absolute atomic E-state index is 12.4. The summed E-state index contributed by atoms with van der Waals surface area (Å²) < 4.78 is 4.98. The van der Waals surface area contributed by atoms with Gasteiger partial charge in [0.15, 0.2) is 12.7 Å². The Morgan fingerprint density at radius 3 is 2.33 bits per heavy atom. The van der Waals surface area contributed by atoms with Crippen LogP contribution in [0.15, 0.2) is 72.8 Å². The lowest BCUT2D eigenvalue weighted by molar-refractivity contribution is -0.152. The first-order valence-electron chi connectivity index (χ1n) is 7.57. The van der Waals surface area contributed by atoms with Crippen LogP contribution in [-0.4, -0.2) is 23.5 Å². The first-order valence-corrected chi connectivity index (χ1v) is 7.57. The highest BCUT2D eigenvalue weighted by Crippen LogP contribution is 2.19. The van der Waals surface area contributed by atoms with Gasteiger partial charge in [0, 0.05) is 5.56 Å². The molecule has 0 spiro atoms. The van der Waals surface area contributed by atoms with Crippen molar-refractivity contribution in [1.29, 1.82) is 0 Å². The third kappa shape index (κ3) is 3.34. The van der Waals surface area contributed by atoms with E-state index >= 15 is 0 Å². The zero-order chi connectivity index (χ0) is 16.9. The predicted molar refractivity (Wildman–Crippen MR) is 90.6 cm³/mol. The molecule has 3 rings (SSSR count). The Balaban J connectivity index is 1.70. The van der Waals surface area contributed by atoms with Crippen LogP contribution in [0, 0.1) is 0 Å². The Morgan fingerprint density at radius 1 is 0.875 bits per heavy atom. The van der Waals surface area contributed by atoms with Crippen molar-refractivity contribution < 1.29 is 19.4 Å². The largest absolute Gasteiger partial charge is 0.455 e. The van der Waals surface area contributed by atoms with Crippen molar-refractivity contribution in [2.24, 2.45) is 0 Å². The molecule has 0 saturated heterocycles. The number of ketones is 1. The maximum atomic E-state index is 12.4. The predicted octanol–water partition coefficient (Wildman–Crippen LogP) is 3.30. The Kier molecular flexibility index (Phi) is 4.68. The van der Waals surface area contributed by atoms with Crippen LogP contribution in [-0.2, 0) is 9.53 Å². The molecule has 0 saturated carbocycles. The Bertz CT molecular complexity index is 866. The fourth-order valence-electron chi connectivity index (χ4n) is 2.53. The number of aliphatic hydroxyl groups excluding tert-OH is 1. The van der Waals surface area contributed by atoms with E-state index in [0.717, 1.165) is 10.8 Å². The molecule has 0 bridgehead atoms. The summed E-state index contributed by atoms with van der Waals surface area (Å²) in [5, 5.41) is 11.7. The fraction of sp³-hybridized carbons (Fsp3) is 0.100. The van der Waals surface area contributed by atoms with Crippen LogP contribution in [0.1, 0.15) is 22.0 Å². The second kappa shape index (κ2) is 7.06. The lowest BCUT2D eigenvalue weighted by Gasteiger charge is -2.11. The summed E-state index contributed by atoms with van der Waals surface area (Å²) in [5.41, 5.74) is 0.926. The third-order valence-corrected chi connectivity index (χ3v) is 3.77. The van der Waals surface area contributed by atoms with Crippen molar-refractivity contribution in [2.75, 3.05) is 6.61 Å². The minimum Gasteiger partial charge on any atom is -0.455 e. The standard InChI is InChI=1S/C20H16O4/c21-18(17-12-6-10-14-7-4-5-11-16(14)17)13-24-20(23)19(22)15-8-2-1-3-9-15/h1-12,19,22H,13H2. The van der Waals surface area contributed by atoms with E-state index in [1.807, 2.05) is 30.3 Å². The molecule has 4 heteroatoms.